The average Bonchev–Trinajstić information content (AvgIpc) is 3.09. The van der Waals surface area contributed by atoms with Gasteiger partial charge in [-0.3, -0.25) is 9.69 Å². The first-order valence-corrected chi connectivity index (χ1v) is 8.30. The lowest BCUT2D eigenvalue weighted by molar-refractivity contribution is -0.920. The number of Topliss-reactive ketones (excluding diaryl/α,β-unsaturated/α-hetero) is 1. The highest BCUT2D eigenvalue weighted by Gasteiger charge is 2.35. The summed E-state index contributed by atoms with van der Waals surface area (Å²) in [6.07, 6.45) is 3.51. The summed E-state index contributed by atoms with van der Waals surface area (Å²) in [5.41, 5.74) is 0. The minimum atomic E-state index is 0.311. The Balaban J connectivity index is 1.44. The quantitative estimate of drug-likeness (QED) is 0.622. The number of thiophene rings is 1. The van der Waals surface area contributed by atoms with Crippen LogP contribution in [0.2, 0.25) is 0 Å². The fraction of sp³-hybridized carbons (Fsp3) is 0.667. The van der Waals surface area contributed by atoms with E-state index in [0.29, 0.717) is 12.2 Å². The molecule has 104 valence electrons. The molecule has 0 atom stereocenters. The summed E-state index contributed by atoms with van der Waals surface area (Å²) >= 11 is 1.56. The Morgan fingerprint density at radius 2 is 1.95 bits per heavy atom. The summed E-state index contributed by atoms with van der Waals surface area (Å²) < 4.78 is 1.36. The Hall–Kier alpha value is -0.710. The number of carbonyl (C=O) groups excluding carboxylic acids is 1. The lowest BCUT2D eigenvalue weighted by Gasteiger charge is -2.42. The third-order valence-corrected chi connectivity index (χ3v) is 5.66. The van der Waals surface area contributed by atoms with Crippen LogP contribution in [0.25, 0.3) is 0 Å². The first-order valence-electron chi connectivity index (χ1n) is 7.42. The van der Waals surface area contributed by atoms with E-state index in [2.05, 4.69) is 4.90 Å². The molecular weight excluding hydrogens is 256 g/mol. The van der Waals surface area contributed by atoms with Gasteiger partial charge in [0.25, 0.3) is 0 Å². The Morgan fingerprint density at radius 1 is 1.21 bits per heavy atom. The van der Waals surface area contributed by atoms with Gasteiger partial charge in [0.1, 0.15) is 0 Å². The molecule has 2 aliphatic heterocycles. The highest BCUT2D eigenvalue weighted by molar-refractivity contribution is 7.12. The average molecular weight is 279 g/mol. The van der Waals surface area contributed by atoms with E-state index in [0.717, 1.165) is 11.4 Å². The third kappa shape index (κ3) is 3.07. The van der Waals surface area contributed by atoms with E-state index >= 15 is 0 Å². The minimum absolute atomic E-state index is 0.311. The van der Waals surface area contributed by atoms with E-state index in [1.54, 1.807) is 11.3 Å². The number of piperazine rings is 1. The zero-order valence-corrected chi connectivity index (χ0v) is 12.3. The van der Waals surface area contributed by atoms with Crippen LogP contribution in [0, 0.1) is 0 Å². The number of hydrogen-bond acceptors (Lipinski definition) is 3. The molecule has 0 radical (unpaired) electrons. The molecule has 0 saturated carbocycles. The molecule has 1 aromatic heterocycles. The van der Waals surface area contributed by atoms with Gasteiger partial charge in [0.15, 0.2) is 5.78 Å². The van der Waals surface area contributed by atoms with Crippen LogP contribution in [0.15, 0.2) is 17.5 Å². The van der Waals surface area contributed by atoms with Gasteiger partial charge in [0.2, 0.25) is 0 Å². The van der Waals surface area contributed by atoms with Gasteiger partial charge >= 0.3 is 0 Å². The number of nitrogens with zero attached hydrogens (tertiary/aromatic N) is 2. The maximum Gasteiger partial charge on any atom is 0.174 e. The zero-order chi connectivity index (χ0) is 13.1. The molecule has 2 saturated heterocycles. The largest absolute Gasteiger partial charge is 0.321 e. The molecule has 2 aliphatic rings. The van der Waals surface area contributed by atoms with Gasteiger partial charge in [-0.1, -0.05) is 6.07 Å². The van der Waals surface area contributed by atoms with Gasteiger partial charge in [0.05, 0.1) is 31.1 Å². The van der Waals surface area contributed by atoms with Gasteiger partial charge in [-0.25, -0.2) is 0 Å². The van der Waals surface area contributed by atoms with Gasteiger partial charge in [-0.2, -0.15) is 0 Å². The summed E-state index contributed by atoms with van der Waals surface area (Å²) in [6, 6.07) is 3.90. The molecule has 2 fully saturated rings. The van der Waals surface area contributed by atoms with E-state index in [4.69, 9.17) is 0 Å². The van der Waals surface area contributed by atoms with Gasteiger partial charge < -0.3 is 4.48 Å². The van der Waals surface area contributed by atoms with Crippen molar-refractivity contribution in [2.24, 2.45) is 0 Å². The summed E-state index contributed by atoms with van der Waals surface area (Å²) in [5.74, 6) is 0.311. The second-order valence-electron chi connectivity index (χ2n) is 5.94. The van der Waals surface area contributed by atoms with E-state index in [-0.39, 0.29) is 0 Å². The van der Waals surface area contributed by atoms with Crippen molar-refractivity contribution in [3.8, 4) is 0 Å². The fourth-order valence-electron chi connectivity index (χ4n) is 3.43. The Morgan fingerprint density at radius 3 is 2.58 bits per heavy atom. The predicted octanol–water partition coefficient (Wildman–Crippen LogP) is 2.25. The monoisotopic (exact) mass is 279 g/mol. The number of carbonyl (C=O) groups is 1. The number of rotatable bonds is 4. The smallest absolute Gasteiger partial charge is 0.174 e. The van der Waals surface area contributed by atoms with Gasteiger partial charge in [-0.15, -0.1) is 11.3 Å². The van der Waals surface area contributed by atoms with Crippen molar-refractivity contribution < 1.29 is 9.28 Å². The predicted molar refractivity (Wildman–Crippen MR) is 78.7 cm³/mol. The van der Waals surface area contributed by atoms with Crippen LogP contribution in [0.3, 0.4) is 0 Å². The van der Waals surface area contributed by atoms with E-state index in [1.807, 2.05) is 17.5 Å². The molecule has 1 aromatic rings. The lowest BCUT2D eigenvalue weighted by atomic mass is 10.2. The van der Waals surface area contributed by atoms with Crippen molar-refractivity contribution in [3.63, 3.8) is 0 Å². The van der Waals surface area contributed by atoms with E-state index in [1.165, 1.54) is 56.6 Å². The van der Waals surface area contributed by atoms with E-state index in [9.17, 15) is 4.79 Å². The van der Waals surface area contributed by atoms with Crippen LogP contribution in [0.1, 0.15) is 28.9 Å². The normalized spacial score (nSPS) is 22.9. The van der Waals surface area contributed by atoms with Gasteiger partial charge in [0, 0.05) is 38.9 Å². The molecule has 3 nitrogen and oxygen atoms in total. The number of ketones is 1. The molecule has 4 heteroatoms. The first kappa shape index (κ1) is 13.3. The molecule has 3 heterocycles. The maximum absolute atomic E-state index is 12.0. The zero-order valence-electron chi connectivity index (χ0n) is 11.5. The van der Waals surface area contributed by atoms with Crippen molar-refractivity contribution in [3.05, 3.63) is 22.4 Å². The standard InChI is InChI=1S/C15H23N2OS/c18-14(15-4-3-13-19-15)5-6-16-7-11-17(12-8-16)9-1-2-10-17/h3-4,13H,1-2,5-12H2/q+1. The van der Waals surface area contributed by atoms with Crippen LogP contribution in [-0.4, -0.2) is 61.0 Å². The Kier molecular flexibility index (Phi) is 4.01. The molecule has 0 amide bonds. The summed E-state index contributed by atoms with van der Waals surface area (Å²) in [6.45, 7) is 8.68. The molecular formula is C15H23N2OS+. The molecule has 0 bridgehead atoms. The number of hydrogen-bond donors (Lipinski definition) is 0. The summed E-state index contributed by atoms with van der Waals surface area (Å²) in [4.78, 5) is 15.4. The van der Waals surface area contributed by atoms with Crippen molar-refractivity contribution in [1.82, 2.24) is 4.90 Å². The topological polar surface area (TPSA) is 20.3 Å². The van der Waals surface area contributed by atoms with Crippen molar-refractivity contribution in [1.29, 1.82) is 0 Å². The molecule has 3 rings (SSSR count). The van der Waals surface area contributed by atoms with Crippen LogP contribution >= 0.6 is 11.3 Å². The molecule has 0 N–H and O–H groups in total. The number of quaternary nitrogens is 1. The second kappa shape index (κ2) is 5.73. The minimum Gasteiger partial charge on any atom is -0.321 e. The van der Waals surface area contributed by atoms with Crippen LogP contribution in [-0.2, 0) is 0 Å². The summed E-state index contributed by atoms with van der Waals surface area (Å²) in [7, 11) is 0. The summed E-state index contributed by atoms with van der Waals surface area (Å²) in [5, 5.41) is 1.98. The SMILES string of the molecule is O=C(CCN1CC[N+]2(CCCC2)CC1)c1cccs1. The maximum atomic E-state index is 12.0. The second-order valence-corrected chi connectivity index (χ2v) is 6.88. The van der Waals surface area contributed by atoms with Crippen molar-refractivity contribution in [2.45, 2.75) is 19.3 Å². The Labute approximate surface area is 119 Å². The highest BCUT2D eigenvalue weighted by Crippen LogP contribution is 2.22. The van der Waals surface area contributed by atoms with Gasteiger partial charge in [-0.05, 0) is 11.4 Å². The molecule has 0 unspecified atom stereocenters. The molecule has 0 aliphatic carbocycles. The molecule has 0 aromatic carbocycles. The van der Waals surface area contributed by atoms with Crippen LogP contribution in [0.4, 0.5) is 0 Å². The van der Waals surface area contributed by atoms with E-state index < -0.39 is 0 Å². The van der Waals surface area contributed by atoms with Crippen molar-refractivity contribution >= 4 is 17.1 Å². The Bertz CT molecular complexity index is 413. The lowest BCUT2D eigenvalue weighted by Crippen LogP contribution is -2.58. The first-order chi connectivity index (χ1) is 9.27. The van der Waals surface area contributed by atoms with Crippen molar-refractivity contribution in [2.75, 3.05) is 45.8 Å². The third-order valence-electron chi connectivity index (χ3n) is 4.75. The molecule has 1 spiro atoms. The van der Waals surface area contributed by atoms with Crippen LogP contribution < -0.4 is 0 Å². The van der Waals surface area contributed by atoms with Crippen LogP contribution in [0.5, 0.6) is 0 Å². The fourth-order valence-corrected chi connectivity index (χ4v) is 4.12. The molecule has 19 heavy (non-hydrogen) atoms. The highest BCUT2D eigenvalue weighted by atomic mass is 32.1.